The van der Waals surface area contributed by atoms with Crippen molar-refractivity contribution in [2.45, 2.75) is 19.9 Å². The average Bonchev–Trinajstić information content (AvgIpc) is 2.74. The summed E-state index contributed by atoms with van der Waals surface area (Å²) in [6.45, 7) is 3.01. The third-order valence-electron chi connectivity index (χ3n) is 2.07. The number of nitrogens with one attached hydrogen (secondary N) is 1. The van der Waals surface area contributed by atoms with Crippen molar-refractivity contribution in [3.8, 4) is 10.7 Å². The highest BCUT2D eigenvalue weighted by Crippen LogP contribution is 2.37. The van der Waals surface area contributed by atoms with E-state index in [0.29, 0.717) is 4.77 Å². The van der Waals surface area contributed by atoms with Crippen molar-refractivity contribution in [1.29, 1.82) is 0 Å². The molecule has 7 heteroatoms. The van der Waals surface area contributed by atoms with E-state index in [1.54, 1.807) is 11.3 Å². The Hall–Kier alpha value is 0.0200. The largest absolute Gasteiger partial charge is 0.299 e. The Morgan fingerprint density at radius 3 is 2.88 bits per heavy atom. The minimum Gasteiger partial charge on any atom is -0.299 e. The summed E-state index contributed by atoms with van der Waals surface area (Å²) in [4.78, 5) is 1.10. The molecule has 0 aliphatic rings. The number of thiophene rings is 1. The number of rotatable bonds is 3. The third kappa shape index (κ3) is 2.32. The van der Waals surface area contributed by atoms with Gasteiger partial charge in [0.05, 0.1) is 8.66 Å². The van der Waals surface area contributed by atoms with Crippen LogP contribution in [-0.4, -0.2) is 14.8 Å². The molecule has 2 rings (SSSR count). The summed E-state index contributed by atoms with van der Waals surface area (Å²) in [5, 5.41) is 7.11. The van der Waals surface area contributed by atoms with Gasteiger partial charge in [-0.1, -0.05) is 6.92 Å². The van der Waals surface area contributed by atoms with E-state index < -0.39 is 0 Å². The molecule has 2 heterocycles. The van der Waals surface area contributed by atoms with E-state index in [9.17, 15) is 0 Å². The summed E-state index contributed by atoms with van der Waals surface area (Å²) >= 11 is 13.8. The van der Waals surface area contributed by atoms with Gasteiger partial charge in [-0.2, -0.15) is 5.10 Å². The molecule has 2 aromatic heterocycles. The van der Waals surface area contributed by atoms with Gasteiger partial charge in [-0.05, 0) is 56.6 Å². The highest BCUT2D eigenvalue weighted by Gasteiger charge is 2.12. The molecule has 0 aliphatic carbocycles. The highest BCUT2D eigenvalue weighted by atomic mass is 79.9. The predicted molar refractivity (Wildman–Crippen MR) is 76.4 cm³/mol. The summed E-state index contributed by atoms with van der Waals surface area (Å²) in [6.07, 6.45) is 1.04. The molecule has 0 aliphatic heterocycles. The van der Waals surface area contributed by atoms with Crippen LogP contribution in [0.2, 0.25) is 0 Å². The smallest absolute Gasteiger partial charge is 0.195 e. The van der Waals surface area contributed by atoms with E-state index in [0.717, 1.165) is 31.9 Å². The molecule has 0 spiro atoms. The number of halogens is 2. The van der Waals surface area contributed by atoms with Gasteiger partial charge in [0.2, 0.25) is 0 Å². The lowest BCUT2D eigenvalue weighted by Crippen LogP contribution is -1.98. The quantitative estimate of drug-likeness (QED) is 0.786. The Labute approximate surface area is 119 Å². The van der Waals surface area contributed by atoms with Crippen LogP contribution in [0.4, 0.5) is 0 Å². The van der Waals surface area contributed by atoms with Crippen LogP contribution in [0, 0.1) is 4.77 Å². The fraction of sp³-hybridized carbons (Fsp3) is 0.333. The molecule has 0 fully saturated rings. The van der Waals surface area contributed by atoms with Crippen molar-refractivity contribution in [3.05, 3.63) is 19.1 Å². The molecule has 1 N–H and O–H groups in total. The summed E-state index contributed by atoms with van der Waals surface area (Å²) in [5.74, 6) is 0.906. The molecule has 0 saturated heterocycles. The number of hydrogen-bond acceptors (Lipinski definition) is 3. The molecule has 3 nitrogen and oxygen atoms in total. The molecule has 0 unspecified atom stereocenters. The number of nitrogens with zero attached hydrogens (tertiary/aromatic N) is 2. The summed E-state index contributed by atoms with van der Waals surface area (Å²) in [5.41, 5.74) is 0. The van der Waals surface area contributed by atoms with E-state index in [1.165, 1.54) is 0 Å². The standard InChI is InChI=1S/C9H9Br2N3S2/c1-2-3-14-8(12-13-9(14)15)6-4-5(10)7(11)16-6/h4H,2-3H2,1H3,(H,13,15). The fourth-order valence-electron chi connectivity index (χ4n) is 1.39. The van der Waals surface area contributed by atoms with Crippen LogP contribution in [0.1, 0.15) is 13.3 Å². The Kier molecular flexibility index (Phi) is 3.99. The van der Waals surface area contributed by atoms with Gasteiger partial charge in [-0.25, -0.2) is 0 Å². The topological polar surface area (TPSA) is 33.6 Å². The van der Waals surface area contributed by atoms with Gasteiger partial charge in [-0.3, -0.25) is 9.67 Å². The average molecular weight is 383 g/mol. The Balaban J connectivity index is 2.51. The molecular formula is C9H9Br2N3S2. The third-order valence-corrected chi connectivity index (χ3v) is 5.63. The molecule has 0 atom stereocenters. The lowest BCUT2D eigenvalue weighted by Gasteiger charge is -2.01. The predicted octanol–water partition coefficient (Wildman–Crippen LogP) is 4.60. The van der Waals surface area contributed by atoms with E-state index >= 15 is 0 Å². The fourth-order valence-corrected chi connectivity index (χ4v) is 3.65. The van der Waals surface area contributed by atoms with Gasteiger partial charge < -0.3 is 0 Å². The summed E-state index contributed by atoms with van der Waals surface area (Å²) < 4.78 is 4.82. The molecule has 0 amide bonds. The number of aromatic amines is 1. The molecule has 16 heavy (non-hydrogen) atoms. The first kappa shape index (κ1) is 12.5. The van der Waals surface area contributed by atoms with Crippen LogP contribution < -0.4 is 0 Å². The zero-order chi connectivity index (χ0) is 11.7. The molecule has 0 saturated carbocycles. The second-order valence-corrected chi connectivity index (χ2v) is 6.85. The SMILES string of the molecule is CCCn1c(-c2cc(Br)c(Br)s2)n[nH]c1=S. The van der Waals surface area contributed by atoms with E-state index in [1.807, 2.05) is 10.6 Å². The molecule has 0 aromatic carbocycles. The lowest BCUT2D eigenvalue weighted by atomic mass is 10.4. The maximum atomic E-state index is 5.20. The van der Waals surface area contributed by atoms with Crippen molar-refractivity contribution >= 4 is 55.4 Å². The minimum atomic E-state index is 0.678. The molecule has 2 aromatic rings. The number of aromatic nitrogens is 3. The Bertz CT molecular complexity index is 536. The van der Waals surface area contributed by atoms with E-state index in [4.69, 9.17) is 12.2 Å². The van der Waals surface area contributed by atoms with Crippen molar-refractivity contribution in [1.82, 2.24) is 14.8 Å². The van der Waals surface area contributed by atoms with Crippen LogP contribution in [0.3, 0.4) is 0 Å². The van der Waals surface area contributed by atoms with Crippen molar-refractivity contribution in [2.75, 3.05) is 0 Å². The number of hydrogen-bond donors (Lipinski definition) is 1. The van der Waals surface area contributed by atoms with Crippen molar-refractivity contribution in [2.24, 2.45) is 0 Å². The summed E-state index contributed by atoms with van der Waals surface area (Å²) in [6, 6.07) is 2.05. The normalized spacial score (nSPS) is 10.9. The van der Waals surface area contributed by atoms with Gasteiger partial charge in [0, 0.05) is 11.0 Å². The van der Waals surface area contributed by atoms with Gasteiger partial charge in [-0.15, -0.1) is 11.3 Å². The van der Waals surface area contributed by atoms with Crippen LogP contribution >= 0.6 is 55.4 Å². The number of H-pyrrole nitrogens is 1. The van der Waals surface area contributed by atoms with Crippen LogP contribution in [0.15, 0.2) is 14.3 Å². The first-order valence-corrected chi connectivity index (χ1v) is 7.55. The monoisotopic (exact) mass is 381 g/mol. The van der Waals surface area contributed by atoms with Gasteiger partial charge in [0.25, 0.3) is 0 Å². The van der Waals surface area contributed by atoms with E-state index in [2.05, 4.69) is 49.0 Å². The van der Waals surface area contributed by atoms with Crippen molar-refractivity contribution in [3.63, 3.8) is 0 Å². The molecular weight excluding hydrogens is 374 g/mol. The molecule has 86 valence electrons. The zero-order valence-corrected chi connectivity index (χ0v) is 13.3. The van der Waals surface area contributed by atoms with Crippen molar-refractivity contribution < 1.29 is 0 Å². The minimum absolute atomic E-state index is 0.678. The van der Waals surface area contributed by atoms with Gasteiger partial charge >= 0.3 is 0 Å². The van der Waals surface area contributed by atoms with Gasteiger partial charge in [0.1, 0.15) is 0 Å². The van der Waals surface area contributed by atoms with Crippen LogP contribution in [0.5, 0.6) is 0 Å². The summed E-state index contributed by atoms with van der Waals surface area (Å²) in [7, 11) is 0. The second kappa shape index (κ2) is 5.12. The molecule has 0 radical (unpaired) electrons. The Morgan fingerprint density at radius 1 is 1.56 bits per heavy atom. The first-order valence-electron chi connectivity index (χ1n) is 4.74. The maximum absolute atomic E-state index is 5.20. The Morgan fingerprint density at radius 2 is 2.31 bits per heavy atom. The second-order valence-electron chi connectivity index (χ2n) is 3.24. The first-order chi connectivity index (χ1) is 7.63. The zero-order valence-electron chi connectivity index (χ0n) is 8.46. The van der Waals surface area contributed by atoms with Gasteiger partial charge in [0.15, 0.2) is 10.6 Å². The van der Waals surface area contributed by atoms with Crippen LogP contribution in [0.25, 0.3) is 10.7 Å². The maximum Gasteiger partial charge on any atom is 0.195 e. The van der Waals surface area contributed by atoms with Crippen LogP contribution in [-0.2, 0) is 6.54 Å². The highest BCUT2D eigenvalue weighted by molar-refractivity contribution is 9.13. The van der Waals surface area contributed by atoms with E-state index in [-0.39, 0.29) is 0 Å². The lowest BCUT2D eigenvalue weighted by molar-refractivity contribution is 0.675. The molecule has 0 bridgehead atoms.